The molecule has 0 aromatic heterocycles. The molecule has 0 unspecified atom stereocenters. The van der Waals surface area contributed by atoms with Crippen LogP contribution in [0, 0.1) is 0 Å². The number of carboxylic acids is 1. The summed E-state index contributed by atoms with van der Waals surface area (Å²) in [7, 11) is 1.63. The predicted octanol–water partition coefficient (Wildman–Crippen LogP) is 3.21. The van der Waals surface area contributed by atoms with Crippen LogP contribution in [0.3, 0.4) is 0 Å². The molecule has 0 amide bonds. The van der Waals surface area contributed by atoms with Gasteiger partial charge in [0.05, 0.1) is 7.11 Å². The first-order valence-corrected chi connectivity index (χ1v) is 6.35. The van der Waals surface area contributed by atoms with E-state index in [1.807, 2.05) is 31.2 Å². The molecule has 1 N–H and O–H groups in total. The number of aliphatic carboxylic acids is 1. The van der Waals surface area contributed by atoms with E-state index in [1.54, 1.807) is 24.9 Å². The highest BCUT2D eigenvalue weighted by atomic mass is 32.2. The van der Waals surface area contributed by atoms with Crippen LogP contribution in [0.1, 0.15) is 13.3 Å². The van der Waals surface area contributed by atoms with E-state index in [1.165, 1.54) is 0 Å². The average Bonchev–Trinajstić information content (AvgIpc) is 2.34. The van der Waals surface area contributed by atoms with Gasteiger partial charge in [-0.2, -0.15) is 0 Å². The maximum absolute atomic E-state index is 10.8. The number of hydrogen-bond donors (Lipinski definition) is 1. The predicted molar refractivity (Wildman–Crippen MR) is 69.7 cm³/mol. The molecule has 0 aliphatic rings. The molecule has 0 heterocycles. The van der Waals surface area contributed by atoms with Crippen molar-refractivity contribution in [3.05, 3.63) is 35.9 Å². The normalized spacial score (nSPS) is 11.3. The van der Waals surface area contributed by atoms with Crippen molar-refractivity contribution in [2.24, 2.45) is 0 Å². The molecular weight excluding hydrogens is 236 g/mol. The molecule has 0 radical (unpaired) electrons. The summed E-state index contributed by atoms with van der Waals surface area (Å²) in [6, 6.07) is 7.70. The highest BCUT2D eigenvalue weighted by molar-refractivity contribution is 7.99. The largest absolute Gasteiger partial charge is 0.496 e. The number of ether oxygens (including phenoxy) is 1. The summed E-state index contributed by atoms with van der Waals surface area (Å²) in [6.45, 7) is 1.84. The molecule has 0 aliphatic carbocycles. The quantitative estimate of drug-likeness (QED) is 0.624. The first-order chi connectivity index (χ1) is 8.19. The minimum atomic E-state index is -0.840. The van der Waals surface area contributed by atoms with Gasteiger partial charge in [0.2, 0.25) is 0 Å². The van der Waals surface area contributed by atoms with Crippen LogP contribution >= 0.6 is 11.8 Å². The Labute approximate surface area is 105 Å². The van der Waals surface area contributed by atoms with Crippen molar-refractivity contribution < 1.29 is 14.6 Å². The van der Waals surface area contributed by atoms with Gasteiger partial charge in [-0.1, -0.05) is 25.1 Å². The third-order valence-electron chi connectivity index (χ3n) is 2.29. The Bertz CT molecular complexity index is 413. The zero-order chi connectivity index (χ0) is 12.7. The van der Waals surface area contributed by atoms with Gasteiger partial charge in [0, 0.05) is 16.2 Å². The summed E-state index contributed by atoms with van der Waals surface area (Å²) >= 11 is 1.57. The molecule has 1 aromatic rings. The smallest absolute Gasteiger partial charge is 0.331 e. The molecule has 0 spiro atoms. The summed E-state index contributed by atoms with van der Waals surface area (Å²) in [6.07, 6.45) is 2.29. The lowest BCUT2D eigenvalue weighted by Gasteiger charge is -2.06. The minimum Gasteiger partial charge on any atom is -0.496 e. The van der Waals surface area contributed by atoms with E-state index in [4.69, 9.17) is 9.84 Å². The Kier molecular flexibility index (Phi) is 5.63. The Morgan fingerprint density at radius 3 is 2.76 bits per heavy atom. The monoisotopic (exact) mass is 252 g/mol. The molecule has 0 saturated carbocycles. The third-order valence-corrected chi connectivity index (χ3v) is 3.27. The van der Waals surface area contributed by atoms with Crippen LogP contribution in [-0.4, -0.2) is 23.9 Å². The van der Waals surface area contributed by atoms with E-state index in [9.17, 15) is 4.79 Å². The lowest BCUT2D eigenvalue weighted by Crippen LogP contribution is -1.99. The van der Waals surface area contributed by atoms with Crippen molar-refractivity contribution in [2.75, 3.05) is 12.9 Å². The average molecular weight is 252 g/mol. The number of methoxy groups -OCH3 is 1. The summed E-state index contributed by atoms with van der Waals surface area (Å²) in [4.78, 5) is 11.8. The van der Waals surface area contributed by atoms with Gasteiger partial charge < -0.3 is 9.84 Å². The molecule has 0 aliphatic heterocycles. The zero-order valence-electron chi connectivity index (χ0n) is 9.97. The van der Waals surface area contributed by atoms with Gasteiger partial charge in [-0.3, -0.25) is 0 Å². The Morgan fingerprint density at radius 2 is 2.18 bits per heavy atom. The van der Waals surface area contributed by atoms with Crippen LogP contribution in [0.2, 0.25) is 0 Å². The molecule has 1 rings (SSSR count). The molecular formula is C13H16O3S. The van der Waals surface area contributed by atoms with Crippen molar-refractivity contribution in [3.63, 3.8) is 0 Å². The lowest BCUT2D eigenvalue weighted by atomic mass is 10.2. The number of benzene rings is 1. The van der Waals surface area contributed by atoms with Gasteiger partial charge in [0.1, 0.15) is 5.75 Å². The highest BCUT2D eigenvalue weighted by Gasteiger charge is 2.04. The van der Waals surface area contributed by atoms with Gasteiger partial charge in [0.15, 0.2) is 0 Å². The number of thioether (sulfide) groups is 1. The van der Waals surface area contributed by atoms with E-state index < -0.39 is 5.97 Å². The fourth-order valence-corrected chi connectivity index (χ4v) is 2.29. The molecule has 4 heteroatoms. The topological polar surface area (TPSA) is 46.5 Å². The zero-order valence-corrected chi connectivity index (χ0v) is 10.8. The molecule has 0 fully saturated rings. The second-order valence-corrected chi connectivity index (χ2v) is 4.41. The first-order valence-electron chi connectivity index (χ1n) is 5.37. The molecule has 0 atom stereocenters. The molecule has 0 saturated heterocycles. The molecule has 1 aromatic carbocycles. The summed E-state index contributed by atoms with van der Waals surface area (Å²) in [5.74, 6) is 0.614. The fraction of sp³-hybridized carbons (Fsp3) is 0.308. The minimum absolute atomic E-state index is 0.451. The van der Waals surface area contributed by atoms with Gasteiger partial charge >= 0.3 is 5.97 Å². The van der Waals surface area contributed by atoms with Crippen molar-refractivity contribution in [1.29, 1.82) is 0 Å². The van der Waals surface area contributed by atoms with Gasteiger partial charge in [0.25, 0.3) is 0 Å². The number of rotatable bonds is 6. The standard InChI is InChI=1S/C13H16O3S/c1-3-10(13(14)15)8-9-17-12-7-5-4-6-11(12)16-2/h4-8H,3,9H2,1-2H3,(H,14,15). The molecule has 17 heavy (non-hydrogen) atoms. The van der Waals surface area contributed by atoms with Gasteiger partial charge in [-0.25, -0.2) is 4.79 Å². The molecule has 0 bridgehead atoms. The Hall–Kier alpha value is -1.42. The second kappa shape index (κ2) is 7.01. The summed E-state index contributed by atoms with van der Waals surface area (Å²) in [5.41, 5.74) is 0.451. The van der Waals surface area contributed by atoms with Crippen molar-refractivity contribution >= 4 is 17.7 Å². The third kappa shape index (κ3) is 4.15. The van der Waals surface area contributed by atoms with Crippen LogP contribution in [-0.2, 0) is 4.79 Å². The summed E-state index contributed by atoms with van der Waals surface area (Å²) in [5, 5.41) is 8.87. The van der Waals surface area contributed by atoms with Gasteiger partial charge in [-0.05, 0) is 18.6 Å². The Balaban J connectivity index is 2.64. The van der Waals surface area contributed by atoms with Crippen LogP contribution in [0.15, 0.2) is 40.8 Å². The van der Waals surface area contributed by atoms with E-state index in [0.29, 0.717) is 17.7 Å². The number of carboxylic acid groups (broad SMARTS) is 1. The SMILES string of the molecule is CCC(=CCSc1ccccc1OC)C(=O)O. The van der Waals surface area contributed by atoms with E-state index >= 15 is 0 Å². The summed E-state index contributed by atoms with van der Waals surface area (Å²) < 4.78 is 5.22. The Morgan fingerprint density at radius 1 is 1.47 bits per heavy atom. The maximum Gasteiger partial charge on any atom is 0.331 e. The number of hydrogen-bond acceptors (Lipinski definition) is 3. The van der Waals surface area contributed by atoms with Crippen molar-refractivity contribution in [2.45, 2.75) is 18.2 Å². The van der Waals surface area contributed by atoms with Crippen LogP contribution in [0.5, 0.6) is 5.75 Å². The number of para-hydroxylation sites is 1. The first kappa shape index (κ1) is 13.6. The molecule has 92 valence electrons. The van der Waals surface area contributed by atoms with E-state index in [2.05, 4.69) is 0 Å². The lowest BCUT2D eigenvalue weighted by molar-refractivity contribution is -0.132. The van der Waals surface area contributed by atoms with Crippen LogP contribution in [0.25, 0.3) is 0 Å². The highest BCUT2D eigenvalue weighted by Crippen LogP contribution is 2.28. The van der Waals surface area contributed by atoms with E-state index in [0.717, 1.165) is 10.6 Å². The van der Waals surface area contributed by atoms with Crippen molar-refractivity contribution in [1.82, 2.24) is 0 Å². The van der Waals surface area contributed by atoms with Crippen LogP contribution in [0.4, 0.5) is 0 Å². The van der Waals surface area contributed by atoms with Crippen LogP contribution < -0.4 is 4.74 Å². The maximum atomic E-state index is 10.8. The second-order valence-electron chi connectivity index (χ2n) is 3.35. The number of carbonyl (C=O) groups is 1. The van der Waals surface area contributed by atoms with Crippen molar-refractivity contribution in [3.8, 4) is 5.75 Å². The molecule has 3 nitrogen and oxygen atoms in total. The fourth-order valence-electron chi connectivity index (χ4n) is 1.35. The van der Waals surface area contributed by atoms with Gasteiger partial charge in [-0.15, -0.1) is 11.8 Å². The van der Waals surface area contributed by atoms with E-state index in [-0.39, 0.29) is 0 Å².